The van der Waals surface area contributed by atoms with E-state index in [1.807, 2.05) is 35.6 Å². The molecular formula is C18H21NO2S. The molecule has 0 saturated carbocycles. The van der Waals surface area contributed by atoms with Crippen molar-refractivity contribution in [3.8, 4) is 10.4 Å². The zero-order valence-electron chi connectivity index (χ0n) is 12.8. The van der Waals surface area contributed by atoms with Crippen molar-refractivity contribution >= 4 is 17.1 Å². The molecule has 1 saturated heterocycles. The minimum Gasteiger partial charge on any atom is -0.508 e. The van der Waals surface area contributed by atoms with Crippen LogP contribution >= 0.6 is 11.3 Å². The van der Waals surface area contributed by atoms with Crippen molar-refractivity contribution in [1.29, 1.82) is 0 Å². The Labute approximate surface area is 135 Å². The van der Waals surface area contributed by atoms with Crippen LogP contribution in [-0.2, 0) is 4.74 Å². The van der Waals surface area contributed by atoms with Crippen molar-refractivity contribution in [2.24, 2.45) is 0 Å². The van der Waals surface area contributed by atoms with Gasteiger partial charge in [-0.05, 0) is 24.6 Å². The van der Waals surface area contributed by atoms with E-state index in [2.05, 4.69) is 30.5 Å². The van der Waals surface area contributed by atoms with Crippen LogP contribution in [0.15, 0.2) is 43.0 Å². The van der Waals surface area contributed by atoms with Gasteiger partial charge in [-0.1, -0.05) is 30.8 Å². The topological polar surface area (TPSA) is 32.7 Å². The van der Waals surface area contributed by atoms with Gasteiger partial charge in [-0.2, -0.15) is 0 Å². The van der Waals surface area contributed by atoms with Gasteiger partial charge in [0.25, 0.3) is 0 Å². The van der Waals surface area contributed by atoms with E-state index in [1.54, 1.807) is 0 Å². The van der Waals surface area contributed by atoms with Crippen molar-refractivity contribution in [2.45, 2.75) is 13.0 Å². The third-order valence-corrected chi connectivity index (χ3v) is 5.44. The molecule has 116 valence electrons. The number of morpholine rings is 1. The number of hydrogen-bond acceptors (Lipinski definition) is 4. The summed E-state index contributed by atoms with van der Waals surface area (Å²) in [6.45, 7) is 9.47. The molecule has 0 spiro atoms. The Morgan fingerprint density at radius 2 is 1.86 bits per heavy atom. The number of hydrogen-bond donors (Lipinski definition) is 1. The molecule has 0 radical (unpaired) electrons. The molecule has 0 aliphatic carbocycles. The number of aliphatic hydroxyl groups is 1. The minimum absolute atomic E-state index is 0.111. The Morgan fingerprint density at radius 1 is 1.18 bits per heavy atom. The summed E-state index contributed by atoms with van der Waals surface area (Å²) in [4.78, 5) is 5.11. The maximum Gasteiger partial charge on any atom is 0.115 e. The van der Waals surface area contributed by atoms with Crippen molar-refractivity contribution in [3.05, 3.63) is 53.4 Å². The summed E-state index contributed by atoms with van der Waals surface area (Å²) in [6, 6.07) is 12.7. The Morgan fingerprint density at radius 3 is 2.50 bits per heavy atom. The Hall–Kier alpha value is -1.62. The fourth-order valence-corrected chi connectivity index (χ4v) is 3.80. The Bertz CT molecular complexity index is 641. The molecule has 3 rings (SSSR count). The minimum atomic E-state index is 0.111. The van der Waals surface area contributed by atoms with Gasteiger partial charge >= 0.3 is 0 Å². The number of benzene rings is 1. The molecule has 1 fully saturated rings. The number of thiophene rings is 1. The van der Waals surface area contributed by atoms with E-state index in [0.29, 0.717) is 6.04 Å². The zero-order valence-corrected chi connectivity index (χ0v) is 13.6. The third kappa shape index (κ3) is 3.24. The predicted molar refractivity (Wildman–Crippen MR) is 92.2 cm³/mol. The lowest BCUT2D eigenvalue weighted by molar-refractivity contribution is 0.0205. The van der Waals surface area contributed by atoms with Crippen LogP contribution in [0.25, 0.3) is 16.2 Å². The average molecular weight is 315 g/mol. The summed E-state index contributed by atoms with van der Waals surface area (Å²) < 4.78 is 5.42. The van der Waals surface area contributed by atoms with Crippen molar-refractivity contribution < 1.29 is 9.84 Å². The normalized spacial score (nSPS) is 17.3. The summed E-state index contributed by atoms with van der Waals surface area (Å²) in [6.07, 6.45) is 0. The highest BCUT2D eigenvalue weighted by Crippen LogP contribution is 2.34. The summed E-state index contributed by atoms with van der Waals surface area (Å²) in [5, 5.41) is 9.40. The largest absolute Gasteiger partial charge is 0.508 e. The molecule has 0 bridgehead atoms. The van der Waals surface area contributed by atoms with Gasteiger partial charge in [-0.25, -0.2) is 0 Å². The first-order valence-electron chi connectivity index (χ1n) is 7.55. The lowest BCUT2D eigenvalue weighted by Gasteiger charge is -2.31. The van der Waals surface area contributed by atoms with Gasteiger partial charge in [0, 0.05) is 34.4 Å². The van der Waals surface area contributed by atoms with Crippen LogP contribution in [0, 0.1) is 0 Å². The first kappa shape index (κ1) is 15.3. The molecular weight excluding hydrogens is 294 g/mol. The van der Waals surface area contributed by atoms with Gasteiger partial charge < -0.3 is 9.84 Å². The fourth-order valence-electron chi connectivity index (χ4n) is 2.70. The van der Waals surface area contributed by atoms with E-state index in [0.717, 1.165) is 31.9 Å². The molecule has 1 aromatic carbocycles. The molecule has 1 aliphatic rings. The molecule has 2 aromatic rings. The number of nitrogens with zero attached hydrogens (tertiary/aromatic N) is 1. The molecule has 1 atom stereocenters. The van der Waals surface area contributed by atoms with E-state index in [4.69, 9.17) is 4.74 Å². The number of ether oxygens (including phenoxy) is 1. The molecule has 3 nitrogen and oxygen atoms in total. The molecule has 1 aliphatic heterocycles. The second-order valence-electron chi connectivity index (χ2n) is 5.55. The SMILES string of the molecule is C=C(O)c1ccc(-c2ccc(C(C)N3CCOCC3)s2)cc1. The lowest BCUT2D eigenvalue weighted by atomic mass is 10.1. The second-order valence-corrected chi connectivity index (χ2v) is 6.67. The quantitative estimate of drug-likeness (QED) is 0.852. The Balaban J connectivity index is 1.76. The summed E-state index contributed by atoms with van der Waals surface area (Å²) >= 11 is 1.83. The van der Waals surface area contributed by atoms with Crippen LogP contribution in [0.4, 0.5) is 0 Å². The maximum atomic E-state index is 9.40. The number of aliphatic hydroxyl groups excluding tert-OH is 1. The van der Waals surface area contributed by atoms with Crippen LogP contribution in [0.3, 0.4) is 0 Å². The smallest absolute Gasteiger partial charge is 0.115 e. The summed E-state index contributed by atoms with van der Waals surface area (Å²) in [5.74, 6) is 0.111. The van der Waals surface area contributed by atoms with E-state index >= 15 is 0 Å². The van der Waals surface area contributed by atoms with Gasteiger partial charge in [0.15, 0.2) is 0 Å². The van der Waals surface area contributed by atoms with E-state index in [1.165, 1.54) is 15.3 Å². The van der Waals surface area contributed by atoms with Gasteiger partial charge in [0.1, 0.15) is 5.76 Å². The van der Waals surface area contributed by atoms with E-state index < -0.39 is 0 Å². The van der Waals surface area contributed by atoms with Crippen molar-refractivity contribution in [3.63, 3.8) is 0 Å². The van der Waals surface area contributed by atoms with Crippen molar-refractivity contribution in [1.82, 2.24) is 4.90 Å². The standard InChI is InChI=1S/C18H21NO2S/c1-13(19-9-11-21-12-10-19)17-7-8-18(22-17)16-5-3-15(4-6-16)14(2)20/h3-8,13,20H,2,9-12H2,1H3. The second kappa shape index (κ2) is 6.65. The Kier molecular flexibility index (Phi) is 4.62. The summed E-state index contributed by atoms with van der Waals surface area (Å²) in [5.41, 5.74) is 1.94. The lowest BCUT2D eigenvalue weighted by Crippen LogP contribution is -2.37. The van der Waals surface area contributed by atoms with Crippen LogP contribution in [0.1, 0.15) is 23.4 Å². The molecule has 1 aromatic heterocycles. The van der Waals surface area contributed by atoms with Crippen LogP contribution in [0.5, 0.6) is 0 Å². The van der Waals surface area contributed by atoms with Gasteiger partial charge in [0.05, 0.1) is 13.2 Å². The van der Waals surface area contributed by atoms with E-state index in [9.17, 15) is 5.11 Å². The van der Waals surface area contributed by atoms with Gasteiger partial charge in [0.2, 0.25) is 0 Å². The molecule has 0 amide bonds. The zero-order chi connectivity index (χ0) is 15.5. The highest BCUT2D eigenvalue weighted by molar-refractivity contribution is 7.15. The molecule has 22 heavy (non-hydrogen) atoms. The highest BCUT2D eigenvalue weighted by atomic mass is 32.1. The van der Waals surface area contributed by atoms with Crippen LogP contribution < -0.4 is 0 Å². The summed E-state index contributed by atoms with van der Waals surface area (Å²) in [7, 11) is 0. The predicted octanol–water partition coefficient (Wildman–Crippen LogP) is 4.34. The molecule has 4 heteroatoms. The fraction of sp³-hybridized carbons (Fsp3) is 0.333. The molecule has 1 N–H and O–H groups in total. The monoisotopic (exact) mass is 315 g/mol. The van der Waals surface area contributed by atoms with Crippen LogP contribution in [-0.4, -0.2) is 36.3 Å². The third-order valence-electron chi connectivity index (χ3n) is 4.13. The first-order chi connectivity index (χ1) is 10.6. The van der Waals surface area contributed by atoms with Crippen LogP contribution in [0.2, 0.25) is 0 Å². The number of rotatable bonds is 4. The molecule has 1 unspecified atom stereocenters. The molecule has 2 heterocycles. The van der Waals surface area contributed by atoms with Gasteiger partial charge in [-0.15, -0.1) is 11.3 Å². The average Bonchev–Trinajstić information content (AvgIpc) is 3.05. The van der Waals surface area contributed by atoms with Crippen molar-refractivity contribution in [2.75, 3.05) is 26.3 Å². The van der Waals surface area contributed by atoms with Gasteiger partial charge in [-0.3, -0.25) is 4.90 Å². The maximum absolute atomic E-state index is 9.40. The first-order valence-corrected chi connectivity index (χ1v) is 8.37. The highest BCUT2D eigenvalue weighted by Gasteiger charge is 2.20. The van der Waals surface area contributed by atoms with E-state index in [-0.39, 0.29) is 5.76 Å².